The molecular formula is C10H17NO2. The Kier molecular flexibility index (Phi) is 2.74. The lowest BCUT2D eigenvalue weighted by molar-refractivity contribution is -0.148. The molecule has 3 heteroatoms. The molecule has 1 aliphatic rings. The van der Waals surface area contributed by atoms with Crippen molar-refractivity contribution in [3.8, 4) is 0 Å². The molecule has 0 aliphatic carbocycles. The van der Waals surface area contributed by atoms with Gasteiger partial charge in [-0.3, -0.25) is 9.59 Å². The van der Waals surface area contributed by atoms with Crippen molar-refractivity contribution in [1.29, 1.82) is 0 Å². The Morgan fingerprint density at radius 1 is 1.08 bits per heavy atom. The molecule has 1 heterocycles. The van der Waals surface area contributed by atoms with Gasteiger partial charge in [-0.1, -0.05) is 20.8 Å². The van der Waals surface area contributed by atoms with Gasteiger partial charge in [0.1, 0.15) is 0 Å². The van der Waals surface area contributed by atoms with Crippen LogP contribution in [0.5, 0.6) is 0 Å². The van der Waals surface area contributed by atoms with E-state index in [1.165, 1.54) is 0 Å². The zero-order chi connectivity index (χ0) is 10.1. The molecule has 0 bridgehead atoms. The summed E-state index contributed by atoms with van der Waals surface area (Å²) in [6, 6.07) is 0. The van der Waals surface area contributed by atoms with E-state index in [1.807, 2.05) is 0 Å². The highest BCUT2D eigenvalue weighted by Crippen LogP contribution is 2.18. The van der Waals surface area contributed by atoms with Crippen LogP contribution >= 0.6 is 0 Å². The van der Waals surface area contributed by atoms with E-state index in [0.29, 0.717) is 0 Å². The second-order valence-electron chi connectivity index (χ2n) is 4.58. The molecule has 0 aromatic carbocycles. The number of amides is 1. The summed E-state index contributed by atoms with van der Waals surface area (Å²) in [6.07, 6.45) is 2.06. The average Bonchev–Trinajstić information content (AvgIpc) is 2.51. The van der Waals surface area contributed by atoms with E-state index < -0.39 is 5.41 Å². The molecule has 0 N–H and O–H groups in total. The second-order valence-corrected chi connectivity index (χ2v) is 4.58. The summed E-state index contributed by atoms with van der Waals surface area (Å²) in [5, 5.41) is 0. The fourth-order valence-corrected chi connectivity index (χ4v) is 1.38. The number of carbonyl (C=O) groups is 2. The molecule has 13 heavy (non-hydrogen) atoms. The number of hydrogen-bond donors (Lipinski definition) is 0. The van der Waals surface area contributed by atoms with Crippen LogP contribution in [0, 0.1) is 5.41 Å². The van der Waals surface area contributed by atoms with Crippen molar-refractivity contribution in [2.45, 2.75) is 33.6 Å². The molecule has 0 atom stereocenters. The third-order valence-electron chi connectivity index (χ3n) is 2.27. The van der Waals surface area contributed by atoms with Gasteiger partial charge in [0.05, 0.1) is 0 Å². The maximum atomic E-state index is 11.6. The van der Waals surface area contributed by atoms with Gasteiger partial charge in [-0.15, -0.1) is 0 Å². The average molecular weight is 183 g/mol. The molecule has 0 aromatic rings. The van der Waals surface area contributed by atoms with Crippen LogP contribution in [0.1, 0.15) is 33.6 Å². The van der Waals surface area contributed by atoms with Crippen molar-refractivity contribution in [2.75, 3.05) is 13.1 Å². The number of hydrogen-bond acceptors (Lipinski definition) is 2. The summed E-state index contributed by atoms with van der Waals surface area (Å²) in [6.45, 7) is 6.84. The number of nitrogens with zero attached hydrogens (tertiary/aromatic N) is 1. The van der Waals surface area contributed by atoms with E-state index in [4.69, 9.17) is 0 Å². The van der Waals surface area contributed by atoms with Crippen molar-refractivity contribution in [3.05, 3.63) is 0 Å². The Morgan fingerprint density at radius 3 is 1.92 bits per heavy atom. The number of carbonyl (C=O) groups excluding carboxylic acids is 2. The molecule has 0 unspecified atom stereocenters. The third-order valence-corrected chi connectivity index (χ3v) is 2.27. The molecule has 1 fully saturated rings. The summed E-state index contributed by atoms with van der Waals surface area (Å²) >= 11 is 0. The fourth-order valence-electron chi connectivity index (χ4n) is 1.38. The van der Waals surface area contributed by atoms with E-state index >= 15 is 0 Å². The minimum atomic E-state index is -0.542. The lowest BCUT2D eigenvalue weighted by atomic mass is 9.90. The van der Waals surface area contributed by atoms with Crippen LogP contribution in [0.15, 0.2) is 0 Å². The Balaban J connectivity index is 2.62. The largest absolute Gasteiger partial charge is 0.336 e. The smallest absolute Gasteiger partial charge is 0.290 e. The maximum absolute atomic E-state index is 11.6. The first kappa shape index (κ1) is 10.2. The van der Waals surface area contributed by atoms with Gasteiger partial charge in [0.25, 0.3) is 5.91 Å². The quantitative estimate of drug-likeness (QED) is 0.573. The molecule has 1 rings (SSSR count). The minimum absolute atomic E-state index is 0.269. The van der Waals surface area contributed by atoms with Crippen LogP contribution < -0.4 is 0 Å². The highest BCUT2D eigenvalue weighted by Gasteiger charge is 2.32. The van der Waals surface area contributed by atoms with Crippen LogP contribution in [0.2, 0.25) is 0 Å². The third kappa shape index (κ3) is 2.29. The normalized spacial score (nSPS) is 17.6. The molecule has 1 saturated heterocycles. The van der Waals surface area contributed by atoms with Gasteiger partial charge in [-0.25, -0.2) is 0 Å². The standard InChI is InChI=1S/C10H17NO2/c1-10(2,3)8(12)9(13)11-6-4-5-7-11/h4-7H2,1-3H3. The van der Waals surface area contributed by atoms with Crippen LogP contribution in [0.25, 0.3) is 0 Å². The molecule has 1 aliphatic heterocycles. The highest BCUT2D eigenvalue weighted by molar-refractivity contribution is 6.37. The van der Waals surface area contributed by atoms with Crippen molar-refractivity contribution < 1.29 is 9.59 Å². The summed E-state index contributed by atoms with van der Waals surface area (Å²) in [5.74, 6) is -0.570. The van der Waals surface area contributed by atoms with Gasteiger partial charge in [-0.2, -0.15) is 0 Å². The van der Waals surface area contributed by atoms with E-state index in [9.17, 15) is 9.59 Å². The van der Waals surface area contributed by atoms with Crippen molar-refractivity contribution >= 4 is 11.7 Å². The molecule has 3 nitrogen and oxygen atoms in total. The predicted molar refractivity (Wildman–Crippen MR) is 50.3 cm³/mol. The maximum Gasteiger partial charge on any atom is 0.290 e. The monoisotopic (exact) mass is 183 g/mol. The van der Waals surface area contributed by atoms with E-state index in [1.54, 1.807) is 25.7 Å². The Bertz CT molecular complexity index is 222. The van der Waals surface area contributed by atoms with Crippen molar-refractivity contribution in [1.82, 2.24) is 4.90 Å². The first-order chi connectivity index (χ1) is 5.93. The first-order valence-corrected chi connectivity index (χ1v) is 4.76. The van der Waals surface area contributed by atoms with E-state index in [2.05, 4.69) is 0 Å². The summed E-state index contributed by atoms with van der Waals surface area (Å²) in [4.78, 5) is 24.8. The molecule has 0 spiro atoms. The molecule has 1 amide bonds. The summed E-state index contributed by atoms with van der Waals surface area (Å²) in [7, 11) is 0. The predicted octanol–water partition coefficient (Wildman–Crippen LogP) is 1.22. The number of likely N-dealkylation sites (tertiary alicyclic amines) is 1. The van der Waals surface area contributed by atoms with Crippen LogP contribution in [-0.4, -0.2) is 29.7 Å². The van der Waals surface area contributed by atoms with Gasteiger partial charge in [0, 0.05) is 18.5 Å². The van der Waals surface area contributed by atoms with Gasteiger partial charge < -0.3 is 4.90 Å². The molecule has 0 saturated carbocycles. The van der Waals surface area contributed by atoms with E-state index in [-0.39, 0.29) is 11.7 Å². The second kappa shape index (κ2) is 3.48. The van der Waals surface area contributed by atoms with Gasteiger partial charge in [0.15, 0.2) is 0 Å². The molecule has 74 valence electrons. The summed E-state index contributed by atoms with van der Waals surface area (Å²) in [5.41, 5.74) is -0.542. The fraction of sp³-hybridized carbons (Fsp3) is 0.800. The van der Waals surface area contributed by atoms with Crippen molar-refractivity contribution in [2.24, 2.45) is 5.41 Å². The van der Waals surface area contributed by atoms with E-state index in [0.717, 1.165) is 25.9 Å². The topological polar surface area (TPSA) is 37.4 Å². The number of ketones is 1. The number of Topliss-reactive ketones (excluding diaryl/α,β-unsaturated/α-hetero) is 1. The Labute approximate surface area is 79.1 Å². The van der Waals surface area contributed by atoms with Crippen LogP contribution in [-0.2, 0) is 9.59 Å². The highest BCUT2D eigenvalue weighted by atomic mass is 16.2. The Hall–Kier alpha value is -0.860. The minimum Gasteiger partial charge on any atom is -0.336 e. The lowest BCUT2D eigenvalue weighted by Crippen LogP contribution is -2.40. The molecular weight excluding hydrogens is 166 g/mol. The molecule has 0 radical (unpaired) electrons. The first-order valence-electron chi connectivity index (χ1n) is 4.76. The zero-order valence-corrected chi connectivity index (χ0v) is 8.59. The van der Waals surface area contributed by atoms with Crippen LogP contribution in [0.3, 0.4) is 0 Å². The zero-order valence-electron chi connectivity index (χ0n) is 8.59. The van der Waals surface area contributed by atoms with Crippen molar-refractivity contribution in [3.63, 3.8) is 0 Å². The van der Waals surface area contributed by atoms with Gasteiger partial charge in [0.2, 0.25) is 5.78 Å². The SMILES string of the molecule is CC(C)(C)C(=O)C(=O)N1CCCC1. The summed E-state index contributed by atoms with van der Waals surface area (Å²) < 4.78 is 0. The molecule has 0 aromatic heterocycles. The lowest BCUT2D eigenvalue weighted by Gasteiger charge is -2.20. The Morgan fingerprint density at radius 2 is 1.54 bits per heavy atom. The number of rotatable bonds is 1. The van der Waals surface area contributed by atoms with Crippen LogP contribution in [0.4, 0.5) is 0 Å². The van der Waals surface area contributed by atoms with Gasteiger partial charge in [-0.05, 0) is 12.8 Å². The van der Waals surface area contributed by atoms with Gasteiger partial charge >= 0.3 is 0 Å².